The van der Waals surface area contributed by atoms with Crippen LogP contribution in [0.4, 0.5) is 5.13 Å². The van der Waals surface area contributed by atoms with Gasteiger partial charge in [-0.2, -0.15) is 0 Å². The number of imidazole rings is 1. The Balaban J connectivity index is 1.77. The van der Waals surface area contributed by atoms with Crippen molar-refractivity contribution in [2.45, 2.75) is 40.2 Å². The van der Waals surface area contributed by atoms with Crippen LogP contribution < -0.4 is 5.32 Å². The molecule has 21 heavy (non-hydrogen) atoms. The summed E-state index contributed by atoms with van der Waals surface area (Å²) in [5, 5.41) is 5.38. The van der Waals surface area contributed by atoms with E-state index in [0.29, 0.717) is 17.0 Å². The van der Waals surface area contributed by atoms with Crippen LogP contribution in [0.2, 0.25) is 0 Å². The molecule has 2 heterocycles. The number of fused-ring (bicyclic) bond motifs is 1. The fourth-order valence-electron chi connectivity index (χ4n) is 2.77. The maximum atomic E-state index is 11.0. The standard InChI is InChI=1S/C15H20N4OS/c1-9-4-13-14(5-10(9)2)19(8-16-13)6-12-7-21-15(18-12)17-11(3)20/h7-10H,4-6H2,1-3H3,(H,17,18,20). The summed E-state index contributed by atoms with van der Waals surface area (Å²) in [5.41, 5.74) is 3.54. The van der Waals surface area contributed by atoms with E-state index >= 15 is 0 Å². The van der Waals surface area contributed by atoms with Crippen LogP contribution in [0.15, 0.2) is 11.7 Å². The SMILES string of the molecule is CC(=O)Nc1nc(Cn2cnc3c2CC(C)C(C)C3)cs1. The Morgan fingerprint density at radius 3 is 2.95 bits per heavy atom. The molecule has 2 aromatic heterocycles. The third-order valence-corrected chi connectivity index (χ3v) is 5.01. The van der Waals surface area contributed by atoms with Gasteiger partial charge in [-0.05, 0) is 24.7 Å². The summed E-state index contributed by atoms with van der Waals surface area (Å²) in [4.78, 5) is 20.0. The molecular formula is C15H20N4OS. The smallest absolute Gasteiger partial charge is 0.223 e. The Morgan fingerprint density at radius 1 is 1.43 bits per heavy atom. The first kappa shape index (κ1) is 14.3. The number of hydrogen-bond donors (Lipinski definition) is 1. The van der Waals surface area contributed by atoms with Crippen molar-refractivity contribution in [1.29, 1.82) is 0 Å². The largest absolute Gasteiger partial charge is 0.328 e. The Morgan fingerprint density at radius 2 is 2.19 bits per heavy atom. The zero-order valence-corrected chi connectivity index (χ0v) is 13.4. The van der Waals surface area contributed by atoms with E-state index in [1.54, 1.807) is 0 Å². The normalized spacial score (nSPS) is 21.1. The van der Waals surface area contributed by atoms with Crippen molar-refractivity contribution in [3.63, 3.8) is 0 Å². The van der Waals surface area contributed by atoms with Gasteiger partial charge in [0.05, 0.1) is 24.3 Å². The topological polar surface area (TPSA) is 59.8 Å². The molecule has 0 radical (unpaired) electrons. The van der Waals surface area contributed by atoms with Crippen molar-refractivity contribution < 1.29 is 4.79 Å². The first-order valence-corrected chi connectivity index (χ1v) is 8.15. The molecule has 3 rings (SSSR count). The van der Waals surface area contributed by atoms with Gasteiger partial charge in [-0.1, -0.05) is 13.8 Å². The van der Waals surface area contributed by atoms with Crippen LogP contribution in [0, 0.1) is 11.8 Å². The fourth-order valence-corrected chi connectivity index (χ4v) is 3.51. The molecule has 112 valence electrons. The van der Waals surface area contributed by atoms with Gasteiger partial charge in [0.25, 0.3) is 0 Å². The molecule has 2 atom stereocenters. The number of carbonyl (C=O) groups is 1. The second kappa shape index (κ2) is 5.60. The summed E-state index contributed by atoms with van der Waals surface area (Å²) in [6.45, 7) is 6.82. The molecule has 0 aliphatic heterocycles. The van der Waals surface area contributed by atoms with Gasteiger partial charge in [0, 0.05) is 18.0 Å². The van der Waals surface area contributed by atoms with E-state index in [0.717, 1.165) is 25.1 Å². The number of carbonyl (C=O) groups excluding carboxylic acids is 1. The number of nitrogens with zero attached hydrogens (tertiary/aromatic N) is 3. The minimum absolute atomic E-state index is 0.0845. The first-order valence-electron chi connectivity index (χ1n) is 7.27. The zero-order valence-electron chi connectivity index (χ0n) is 12.6. The van der Waals surface area contributed by atoms with Crippen molar-refractivity contribution in [3.8, 4) is 0 Å². The molecule has 1 N–H and O–H groups in total. The summed E-state index contributed by atoms with van der Waals surface area (Å²) in [6, 6.07) is 0. The number of amides is 1. The Bertz CT molecular complexity index is 660. The van der Waals surface area contributed by atoms with Gasteiger partial charge >= 0.3 is 0 Å². The molecule has 5 nitrogen and oxygen atoms in total. The van der Waals surface area contributed by atoms with Gasteiger partial charge in [-0.3, -0.25) is 4.79 Å². The van der Waals surface area contributed by atoms with E-state index in [2.05, 4.69) is 33.7 Å². The Kier molecular flexibility index (Phi) is 3.80. The monoisotopic (exact) mass is 304 g/mol. The first-order chi connectivity index (χ1) is 10.0. The van der Waals surface area contributed by atoms with Gasteiger partial charge in [0.15, 0.2) is 5.13 Å². The predicted octanol–water partition coefficient (Wildman–Crippen LogP) is 2.72. The van der Waals surface area contributed by atoms with Crippen LogP contribution in [0.5, 0.6) is 0 Å². The maximum Gasteiger partial charge on any atom is 0.223 e. The van der Waals surface area contributed by atoms with Crippen LogP contribution in [0.1, 0.15) is 37.9 Å². The van der Waals surface area contributed by atoms with E-state index in [4.69, 9.17) is 0 Å². The van der Waals surface area contributed by atoms with Crippen LogP contribution in [0.25, 0.3) is 0 Å². The number of thiazole rings is 1. The quantitative estimate of drug-likeness (QED) is 0.948. The molecule has 0 saturated heterocycles. The van der Waals surface area contributed by atoms with Gasteiger partial charge in [0.1, 0.15) is 0 Å². The summed E-state index contributed by atoms with van der Waals surface area (Å²) >= 11 is 1.46. The molecule has 2 unspecified atom stereocenters. The van der Waals surface area contributed by atoms with E-state index < -0.39 is 0 Å². The van der Waals surface area contributed by atoms with Gasteiger partial charge < -0.3 is 9.88 Å². The van der Waals surface area contributed by atoms with E-state index in [9.17, 15) is 4.79 Å². The molecular weight excluding hydrogens is 284 g/mol. The van der Waals surface area contributed by atoms with E-state index in [-0.39, 0.29) is 5.91 Å². The van der Waals surface area contributed by atoms with Crippen LogP contribution in [0.3, 0.4) is 0 Å². The average molecular weight is 304 g/mol. The molecule has 0 saturated carbocycles. The van der Waals surface area contributed by atoms with Crippen molar-refractivity contribution in [2.24, 2.45) is 11.8 Å². The van der Waals surface area contributed by atoms with Crippen molar-refractivity contribution in [2.75, 3.05) is 5.32 Å². The summed E-state index contributed by atoms with van der Waals surface area (Å²) in [5.74, 6) is 1.31. The molecule has 1 aliphatic carbocycles. The third-order valence-electron chi connectivity index (χ3n) is 4.20. The molecule has 0 aromatic carbocycles. The highest BCUT2D eigenvalue weighted by Gasteiger charge is 2.25. The maximum absolute atomic E-state index is 11.0. The lowest BCUT2D eigenvalue weighted by atomic mass is 9.82. The molecule has 1 amide bonds. The van der Waals surface area contributed by atoms with E-state index in [1.807, 2.05) is 11.7 Å². The molecule has 1 aliphatic rings. The van der Waals surface area contributed by atoms with Crippen molar-refractivity contribution >= 4 is 22.4 Å². The minimum atomic E-state index is -0.0845. The third kappa shape index (κ3) is 3.00. The van der Waals surface area contributed by atoms with Gasteiger partial charge in [-0.25, -0.2) is 9.97 Å². The predicted molar refractivity (Wildman–Crippen MR) is 83.5 cm³/mol. The van der Waals surface area contributed by atoms with Crippen LogP contribution in [-0.2, 0) is 24.2 Å². The minimum Gasteiger partial charge on any atom is -0.328 e. The number of aromatic nitrogens is 3. The number of rotatable bonds is 3. The molecule has 0 fully saturated rings. The highest BCUT2D eigenvalue weighted by atomic mass is 32.1. The Hall–Kier alpha value is -1.69. The summed E-state index contributed by atoms with van der Waals surface area (Å²) < 4.78 is 2.20. The highest BCUT2D eigenvalue weighted by molar-refractivity contribution is 7.13. The lowest BCUT2D eigenvalue weighted by Crippen LogP contribution is -2.22. The van der Waals surface area contributed by atoms with Crippen molar-refractivity contribution in [3.05, 3.63) is 28.8 Å². The number of anilines is 1. The van der Waals surface area contributed by atoms with E-state index in [1.165, 1.54) is 29.6 Å². The second-order valence-corrected chi connectivity index (χ2v) is 6.81. The van der Waals surface area contributed by atoms with Gasteiger partial charge in [-0.15, -0.1) is 11.3 Å². The molecule has 2 aromatic rings. The average Bonchev–Trinajstić information content (AvgIpc) is 2.99. The lowest BCUT2D eigenvalue weighted by molar-refractivity contribution is -0.114. The Labute approximate surface area is 128 Å². The fraction of sp³-hybridized carbons (Fsp3) is 0.533. The molecule has 0 bridgehead atoms. The van der Waals surface area contributed by atoms with Crippen LogP contribution >= 0.6 is 11.3 Å². The molecule has 6 heteroatoms. The molecule has 0 spiro atoms. The second-order valence-electron chi connectivity index (χ2n) is 5.95. The van der Waals surface area contributed by atoms with Crippen LogP contribution in [-0.4, -0.2) is 20.4 Å². The van der Waals surface area contributed by atoms with Gasteiger partial charge in [0.2, 0.25) is 5.91 Å². The summed E-state index contributed by atoms with van der Waals surface area (Å²) in [7, 11) is 0. The van der Waals surface area contributed by atoms with Crippen molar-refractivity contribution in [1.82, 2.24) is 14.5 Å². The highest BCUT2D eigenvalue weighted by Crippen LogP contribution is 2.29. The summed E-state index contributed by atoms with van der Waals surface area (Å²) in [6.07, 6.45) is 4.07. The lowest BCUT2D eigenvalue weighted by Gasteiger charge is -2.26. The number of nitrogens with one attached hydrogen (secondary N) is 1. The number of hydrogen-bond acceptors (Lipinski definition) is 4. The zero-order chi connectivity index (χ0) is 15.0.